The van der Waals surface area contributed by atoms with Gasteiger partial charge in [-0.25, -0.2) is 4.79 Å². The van der Waals surface area contributed by atoms with Crippen molar-refractivity contribution >= 4 is 6.03 Å². The highest BCUT2D eigenvalue weighted by Gasteiger charge is 1.98. The van der Waals surface area contributed by atoms with Gasteiger partial charge in [0.1, 0.15) is 0 Å². The lowest BCUT2D eigenvalue weighted by Gasteiger charge is -2.06. The van der Waals surface area contributed by atoms with Crippen LogP contribution >= 0.6 is 0 Å². The maximum absolute atomic E-state index is 10.6. The molecular formula is C6H14N2O2. The van der Waals surface area contributed by atoms with Gasteiger partial charge in [-0.05, 0) is 13.8 Å². The monoisotopic (exact) mass is 146 g/mol. The second kappa shape index (κ2) is 5.05. The first-order chi connectivity index (χ1) is 4.66. The van der Waals surface area contributed by atoms with Crippen LogP contribution in [-0.2, 0) is 0 Å². The van der Waals surface area contributed by atoms with Crippen molar-refractivity contribution in [3.8, 4) is 0 Å². The summed E-state index contributed by atoms with van der Waals surface area (Å²) >= 11 is 0. The van der Waals surface area contributed by atoms with Crippen molar-refractivity contribution in [1.82, 2.24) is 10.6 Å². The van der Waals surface area contributed by atoms with Crippen molar-refractivity contribution in [2.45, 2.75) is 20.0 Å². The standard InChI is InChI=1S/C6H14N2O2/c1-3-7-6(10)8-4-5(2)9/h5,9H,3-4H2,1-2H3,(H2,7,8,10). The second-order valence-electron chi connectivity index (χ2n) is 2.09. The van der Waals surface area contributed by atoms with Crippen molar-refractivity contribution in [1.29, 1.82) is 0 Å². The predicted molar refractivity (Wildman–Crippen MR) is 38.8 cm³/mol. The van der Waals surface area contributed by atoms with E-state index in [1.54, 1.807) is 6.92 Å². The number of carbonyl (C=O) groups excluding carboxylic acids is 1. The van der Waals surface area contributed by atoms with E-state index >= 15 is 0 Å². The first-order valence-electron chi connectivity index (χ1n) is 3.36. The van der Waals surface area contributed by atoms with Crippen LogP contribution in [0.2, 0.25) is 0 Å². The quantitative estimate of drug-likeness (QED) is 0.511. The molecule has 0 aromatic carbocycles. The Balaban J connectivity index is 3.22. The number of aliphatic hydroxyl groups excluding tert-OH is 1. The van der Waals surface area contributed by atoms with Gasteiger partial charge in [0.05, 0.1) is 6.10 Å². The van der Waals surface area contributed by atoms with Gasteiger partial charge >= 0.3 is 6.03 Å². The molecule has 1 atom stereocenters. The van der Waals surface area contributed by atoms with Crippen LogP contribution in [0.4, 0.5) is 4.79 Å². The average molecular weight is 146 g/mol. The fourth-order valence-electron chi connectivity index (χ4n) is 0.463. The Morgan fingerprint density at radius 3 is 2.60 bits per heavy atom. The second-order valence-corrected chi connectivity index (χ2v) is 2.09. The summed E-state index contributed by atoms with van der Waals surface area (Å²) in [5.74, 6) is 0. The van der Waals surface area contributed by atoms with Gasteiger partial charge < -0.3 is 15.7 Å². The van der Waals surface area contributed by atoms with E-state index < -0.39 is 6.10 Å². The third-order valence-electron chi connectivity index (χ3n) is 0.895. The molecule has 0 radical (unpaired) electrons. The fraction of sp³-hybridized carbons (Fsp3) is 0.833. The Bertz CT molecular complexity index is 104. The summed E-state index contributed by atoms with van der Waals surface area (Å²) in [7, 11) is 0. The lowest BCUT2D eigenvalue weighted by molar-refractivity contribution is 0.187. The number of rotatable bonds is 3. The molecule has 0 saturated heterocycles. The van der Waals surface area contributed by atoms with Crippen LogP contribution in [0, 0.1) is 0 Å². The molecule has 0 rings (SSSR count). The molecule has 0 bridgehead atoms. The van der Waals surface area contributed by atoms with Crippen molar-refractivity contribution in [3.05, 3.63) is 0 Å². The van der Waals surface area contributed by atoms with Crippen LogP contribution < -0.4 is 10.6 Å². The van der Waals surface area contributed by atoms with E-state index in [1.165, 1.54) is 0 Å². The van der Waals surface area contributed by atoms with E-state index in [0.717, 1.165) is 0 Å². The third kappa shape index (κ3) is 5.37. The van der Waals surface area contributed by atoms with Crippen LogP contribution in [0.5, 0.6) is 0 Å². The topological polar surface area (TPSA) is 61.4 Å². The number of aliphatic hydroxyl groups is 1. The molecule has 0 aliphatic rings. The van der Waals surface area contributed by atoms with Crippen molar-refractivity contribution < 1.29 is 9.90 Å². The first kappa shape index (κ1) is 9.23. The average Bonchev–Trinajstić information content (AvgIpc) is 1.85. The highest BCUT2D eigenvalue weighted by atomic mass is 16.3. The zero-order valence-electron chi connectivity index (χ0n) is 6.35. The molecule has 2 amide bonds. The minimum absolute atomic E-state index is 0.233. The van der Waals surface area contributed by atoms with Crippen molar-refractivity contribution in [3.63, 3.8) is 0 Å². The molecule has 0 aliphatic carbocycles. The SMILES string of the molecule is CCNC(=O)NCC(C)O. The van der Waals surface area contributed by atoms with E-state index in [2.05, 4.69) is 10.6 Å². The summed E-state index contributed by atoms with van der Waals surface area (Å²) in [5, 5.41) is 13.7. The molecule has 0 spiro atoms. The molecule has 0 heterocycles. The molecule has 60 valence electrons. The molecule has 4 heteroatoms. The van der Waals surface area contributed by atoms with Gasteiger partial charge in [0, 0.05) is 13.1 Å². The third-order valence-corrected chi connectivity index (χ3v) is 0.895. The Morgan fingerprint density at radius 2 is 2.20 bits per heavy atom. The van der Waals surface area contributed by atoms with Gasteiger partial charge in [0.2, 0.25) is 0 Å². The maximum Gasteiger partial charge on any atom is 0.314 e. The minimum atomic E-state index is -0.484. The highest BCUT2D eigenvalue weighted by molar-refractivity contribution is 5.73. The normalized spacial score (nSPS) is 12.3. The Labute approximate surface area is 60.6 Å². The number of hydrogen-bond acceptors (Lipinski definition) is 2. The van der Waals surface area contributed by atoms with E-state index in [1.807, 2.05) is 6.92 Å². The molecular weight excluding hydrogens is 132 g/mol. The largest absolute Gasteiger partial charge is 0.392 e. The van der Waals surface area contributed by atoms with Crippen LogP contribution in [0.15, 0.2) is 0 Å². The summed E-state index contributed by atoms with van der Waals surface area (Å²) in [4.78, 5) is 10.6. The molecule has 0 saturated carbocycles. The Hall–Kier alpha value is -0.770. The molecule has 10 heavy (non-hydrogen) atoms. The van der Waals surface area contributed by atoms with Gasteiger partial charge in [-0.2, -0.15) is 0 Å². The minimum Gasteiger partial charge on any atom is -0.392 e. The van der Waals surface area contributed by atoms with Crippen LogP contribution in [0.1, 0.15) is 13.8 Å². The smallest absolute Gasteiger partial charge is 0.314 e. The number of nitrogens with one attached hydrogen (secondary N) is 2. The fourth-order valence-corrected chi connectivity index (χ4v) is 0.463. The molecule has 3 N–H and O–H groups in total. The van der Waals surface area contributed by atoms with Gasteiger partial charge in [-0.3, -0.25) is 0 Å². The Morgan fingerprint density at radius 1 is 1.60 bits per heavy atom. The highest BCUT2D eigenvalue weighted by Crippen LogP contribution is 1.73. The molecule has 0 fully saturated rings. The molecule has 4 nitrogen and oxygen atoms in total. The lowest BCUT2D eigenvalue weighted by atomic mass is 10.4. The molecule has 1 unspecified atom stereocenters. The summed E-state index contributed by atoms with van der Waals surface area (Å²) in [5.41, 5.74) is 0. The molecule has 0 aromatic heterocycles. The summed E-state index contributed by atoms with van der Waals surface area (Å²) < 4.78 is 0. The summed E-state index contributed by atoms with van der Waals surface area (Å²) in [6, 6.07) is -0.233. The van der Waals surface area contributed by atoms with Crippen molar-refractivity contribution in [2.75, 3.05) is 13.1 Å². The zero-order chi connectivity index (χ0) is 7.98. The number of urea groups is 1. The molecule has 0 aliphatic heterocycles. The van der Waals surface area contributed by atoms with Crippen LogP contribution in [-0.4, -0.2) is 30.3 Å². The van der Waals surface area contributed by atoms with Crippen LogP contribution in [0.3, 0.4) is 0 Å². The van der Waals surface area contributed by atoms with Gasteiger partial charge in [0.25, 0.3) is 0 Å². The van der Waals surface area contributed by atoms with Gasteiger partial charge in [-0.15, -0.1) is 0 Å². The lowest BCUT2D eigenvalue weighted by Crippen LogP contribution is -2.38. The first-order valence-corrected chi connectivity index (χ1v) is 3.36. The van der Waals surface area contributed by atoms with Crippen molar-refractivity contribution in [2.24, 2.45) is 0 Å². The maximum atomic E-state index is 10.6. The number of amides is 2. The summed E-state index contributed by atoms with van der Waals surface area (Å²) in [6.07, 6.45) is -0.484. The summed E-state index contributed by atoms with van der Waals surface area (Å²) in [6.45, 7) is 4.35. The Kier molecular flexibility index (Phi) is 4.66. The predicted octanol–water partition coefficient (Wildman–Crippen LogP) is -0.314. The van der Waals surface area contributed by atoms with E-state index in [-0.39, 0.29) is 6.03 Å². The molecule has 0 aromatic rings. The van der Waals surface area contributed by atoms with E-state index in [0.29, 0.717) is 13.1 Å². The zero-order valence-corrected chi connectivity index (χ0v) is 6.35. The van der Waals surface area contributed by atoms with Gasteiger partial charge in [-0.1, -0.05) is 0 Å². The van der Waals surface area contributed by atoms with E-state index in [4.69, 9.17) is 5.11 Å². The van der Waals surface area contributed by atoms with Crippen LogP contribution in [0.25, 0.3) is 0 Å². The number of carbonyl (C=O) groups is 1. The van der Waals surface area contributed by atoms with E-state index in [9.17, 15) is 4.79 Å². The number of hydrogen-bond donors (Lipinski definition) is 3. The van der Waals surface area contributed by atoms with Gasteiger partial charge in [0.15, 0.2) is 0 Å².